The molecule has 29 heavy (non-hydrogen) atoms. The molecule has 2 aromatic carbocycles. The zero-order valence-corrected chi connectivity index (χ0v) is 16.1. The maximum absolute atomic E-state index is 13.4. The zero-order chi connectivity index (χ0) is 20.2. The number of anilines is 1. The number of carbonyl (C=O) groups excluding carboxylic acids is 1. The average Bonchev–Trinajstić information content (AvgIpc) is 3.25. The number of nitrogens with one attached hydrogen (secondary N) is 1. The number of aromatic amines is 1. The van der Waals surface area contributed by atoms with Gasteiger partial charge in [0, 0.05) is 49.2 Å². The number of nitrogens with zero attached hydrogens (tertiary/aromatic N) is 4. The van der Waals surface area contributed by atoms with Gasteiger partial charge in [-0.1, -0.05) is 18.2 Å². The monoisotopic (exact) mass is 395 g/mol. The van der Waals surface area contributed by atoms with Crippen molar-refractivity contribution < 1.29 is 14.3 Å². The van der Waals surface area contributed by atoms with E-state index in [2.05, 4.69) is 15.1 Å². The smallest absolute Gasteiger partial charge is 0.257 e. The minimum atomic E-state index is -1.44. The van der Waals surface area contributed by atoms with E-state index in [0.29, 0.717) is 49.4 Å². The molecule has 0 spiro atoms. The van der Waals surface area contributed by atoms with Crippen LogP contribution in [0.15, 0.2) is 42.5 Å². The molecular formula is C21H22FN5O2. The highest BCUT2D eigenvalue weighted by molar-refractivity contribution is 5.99. The number of carbonyl (C=O) groups is 1. The number of aromatic nitrogens is 2. The Kier molecular flexibility index (Phi) is 4.07. The molecule has 0 radical (unpaired) electrons. The van der Waals surface area contributed by atoms with Crippen LogP contribution < -0.4 is 4.90 Å². The molecule has 3 heterocycles. The summed E-state index contributed by atoms with van der Waals surface area (Å²) in [7, 11) is 0. The molecule has 0 aliphatic carbocycles. The number of hydrogen-bond acceptors (Lipinski definition) is 5. The van der Waals surface area contributed by atoms with Crippen molar-refractivity contribution in [2.24, 2.45) is 0 Å². The Labute approximate surface area is 167 Å². The summed E-state index contributed by atoms with van der Waals surface area (Å²) in [5, 5.41) is 19.8. The molecule has 5 rings (SSSR count). The lowest BCUT2D eigenvalue weighted by Crippen LogP contribution is -2.61. The van der Waals surface area contributed by atoms with Gasteiger partial charge in [-0.2, -0.15) is 5.10 Å². The van der Waals surface area contributed by atoms with Crippen molar-refractivity contribution in [1.82, 2.24) is 20.0 Å². The second-order valence-electron chi connectivity index (χ2n) is 7.44. The van der Waals surface area contributed by atoms with E-state index in [4.69, 9.17) is 0 Å². The summed E-state index contributed by atoms with van der Waals surface area (Å²) in [6.45, 7) is 4.68. The third kappa shape index (κ3) is 2.56. The molecule has 2 aliphatic heterocycles. The lowest BCUT2D eigenvalue weighted by molar-refractivity contribution is -0.200. The number of piperazine rings is 1. The number of hydrogen-bond donors (Lipinski definition) is 2. The maximum Gasteiger partial charge on any atom is 0.257 e. The van der Waals surface area contributed by atoms with Gasteiger partial charge in [0.1, 0.15) is 5.82 Å². The van der Waals surface area contributed by atoms with Gasteiger partial charge in [0.25, 0.3) is 5.91 Å². The molecule has 0 bridgehead atoms. The fraction of sp³-hybridized carbons (Fsp3) is 0.333. The van der Waals surface area contributed by atoms with Crippen molar-refractivity contribution in [2.75, 3.05) is 37.6 Å². The predicted molar refractivity (Wildman–Crippen MR) is 107 cm³/mol. The molecule has 1 fully saturated rings. The van der Waals surface area contributed by atoms with Crippen LogP contribution in [0.2, 0.25) is 0 Å². The molecule has 150 valence electrons. The molecule has 1 atom stereocenters. The largest absolute Gasteiger partial charge is 0.354 e. The minimum absolute atomic E-state index is 0.145. The molecular weight excluding hydrogens is 373 g/mol. The summed E-state index contributed by atoms with van der Waals surface area (Å²) >= 11 is 0. The van der Waals surface area contributed by atoms with Crippen LogP contribution in [0.5, 0.6) is 0 Å². The van der Waals surface area contributed by atoms with Gasteiger partial charge in [-0.05, 0) is 31.2 Å². The lowest BCUT2D eigenvalue weighted by atomic mass is 10.0. The summed E-state index contributed by atoms with van der Waals surface area (Å²) in [6, 6.07) is 11.9. The molecule has 7 nitrogen and oxygen atoms in total. The first-order valence-electron chi connectivity index (χ1n) is 9.81. The van der Waals surface area contributed by atoms with Gasteiger partial charge in [0.05, 0.1) is 5.52 Å². The van der Waals surface area contributed by atoms with Gasteiger partial charge >= 0.3 is 0 Å². The van der Waals surface area contributed by atoms with E-state index >= 15 is 0 Å². The number of amides is 1. The molecule has 1 amide bonds. The number of aliphatic hydroxyl groups is 1. The fourth-order valence-corrected chi connectivity index (χ4v) is 4.55. The number of H-pyrrole nitrogens is 1. The zero-order valence-electron chi connectivity index (χ0n) is 16.1. The van der Waals surface area contributed by atoms with Crippen molar-refractivity contribution in [1.29, 1.82) is 0 Å². The number of rotatable bonds is 3. The standard InChI is InChI=1S/C21H22FN5O2/c1-2-27-20(28)15-5-3-4-6-17(15)21(27,29)26-11-9-25(10-12-26)19-16-8-7-14(22)13-18(16)23-24-19/h3-8,13,29H,2,9-12H2,1H3,(H,23,24). The summed E-state index contributed by atoms with van der Waals surface area (Å²) < 4.78 is 13.4. The van der Waals surface area contributed by atoms with E-state index in [1.165, 1.54) is 17.0 Å². The highest BCUT2D eigenvalue weighted by Gasteiger charge is 2.52. The second-order valence-corrected chi connectivity index (χ2v) is 7.44. The molecule has 1 saturated heterocycles. The van der Waals surface area contributed by atoms with Crippen LogP contribution in [0.4, 0.5) is 10.2 Å². The van der Waals surface area contributed by atoms with E-state index in [9.17, 15) is 14.3 Å². The Bertz CT molecular complexity index is 1090. The Balaban J connectivity index is 1.42. The van der Waals surface area contributed by atoms with Gasteiger partial charge in [0.15, 0.2) is 5.82 Å². The van der Waals surface area contributed by atoms with Crippen molar-refractivity contribution >= 4 is 22.6 Å². The first-order valence-corrected chi connectivity index (χ1v) is 9.81. The first-order chi connectivity index (χ1) is 14.0. The van der Waals surface area contributed by atoms with Crippen LogP contribution in [0, 0.1) is 5.82 Å². The summed E-state index contributed by atoms with van der Waals surface area (Å²) in [6.07, 6.45) is 0. The third-order valence-corrected chi connectivity index (χ3v) is 5.98. The van der Waals surface area contributed by atoms with E-state index in [1.807, 2.05) is 30.0 Å². The minimum Gasteiger partial charge on any atom is -0.354 e. The molecule has 2 aliphatic rings. The van der Waals surface area contributed by atoms with Gasteiger partial charge in [0.2, 0.25) is 5.85 Å². The second kappa shape index (κ2) is 6.53. The van der Waals surface area contributed by atoms with E-state index < -0.39 is 5.85 Å². The summed E-state index contributed by atoms with van der Waals surface area (Å²) in [5.41, 5.74) is 1.86. The molecule has 2 N–H and O–H groups in total. The van der Waals surface area contributed by atoms with E-state index in [0.717, 1.165) is 11.2 Å². The van der Waals surface area contributed by atoms with Crippen LogP contribution in [0.3, 0.4) is 0 Å². The Morgan fingerprint density at radius 3 is 2.69 bits per heavy atom. The van der Waals surface area contributed by atoms with Crippen molar-refractivity contribution in [3.8, 4) is 0 Å². The van der Waals surface area contributed by atoms with Crippen LogP contribution >= 0.6 is 0 Å². The SMILES string of the molecule is CCN1C(=O)c2ccccc2C1(O)N1CCN(c2n[nH]c3cc(F)ccc23)CC1. The maximum atomic E-state index is 13.4. The van der Waals surface area contributed by atoms with Crippen LogP contribution in [-0.2, 0) is 5.85 Å². The van der Waals surface area contributed by atoms with Gasteiger partial charge in [-0.3, -0.25) is 19.7 Å². The first kappa shape index (κ1) is 18.1. The normalized spacial score (nSPS) is 22.5. The van der Waals surface area contributed by atoms with Crippen LogP contribution in [0.1, 0.15) is 22.8 Å². The van der Waals surface area contributed by atoms with Crippen LogP contribution in [0.25, 0.3) is 10.9 Å². The Morgan fingerprint density at radius 1 is 1.17 bits per heavy atom. The Hall–Kier alpha value is -2.97. The third-order valence-electron chi connectivity index (χ3n) is 5.98. The molecule has 0 saturated carbocycles. The van der Waals surface area contributed by atoms with Gasteiger partial charge in [-0.25, -0.2) is 4.39 Å². The van der Waals surface area contributed by atoms with Gasteiger partial charge < -0.3 is 10.0 Å². The topological polar surface area (TPSA) is 75.7 Å². The lowest BCUT2D eigenvalue weighted by Gasteiger charge is -2.46. The van der Waals surface area contributed by atoms with Gasteiger partial charge in [-0.15, -0.1) is 0 Å². The summed E-state index contributed by atoms with van der Waals surface area (Å²) in [4.78, 5) is 18.4. The van der Waals surface area contributed by atoms with Crippen molar-refractivity contribution in [3.63, 3.8) is 0 Å². The molecule has 1 unspecified atom stereocenters. The number of benzene rings is 2. The molecule has 1 aromatic heterocycles. The van der Waals surface area contributed by atoms with Crippen molar-refractivity contribution in [2.45, 2.75) is 12.8 Å². The molecule has 3 aromatic rings. The van der Waals surface area contributed by atoms with E-state index in [-0.39, 0.29) is 11.7 Å². The average molecular weight is 395 g/mol. The highest BCUT2D eigenvalue weighted by atomic mass is 19.1. The number of fused-ring (bicyclic) bond motifs is 2. The summed E-state index contributed by atoms with van der Waals surface area (Å²) in [5.74, 6) is -1.11. The highest BCUT2D eigenvalue weighted by Crippen LogP contribution is 2.40. The fourth-order valence-electron chi connectivity index (χ4n) is 4.55. The van der Waals surface area contributed by atoms with Crippen molar-refractivity contribution in [3.05, 3.63) is 59.4 Å². The van der Waals surface area contributed by atoms with Crippen LogP contribution in [-0.4, -0.2) is 63.7 Å². The quantitative estimate of drug-likeness (QED) is 0.710. The number of halogens is 1. The Morgan fingerprint density at radius 2 is 1.93 bits per heavy atom. The van der Waals surface area contributed by atoms with E-state index in [1.54, 1.807) is 12.1 Å². The predicted octanol–water partition coefficient (Wildman–Crippen LogP) is 2.10. The molecule has 8 heteroatoms.